The van der Waals surface area contributed by atoms with Gasteiger partial charge < -0.3 is 20.9 Å². The van der Waals surface area contributed by atoms with Gasteiger partial charge in [-0.2, -0.15) is 0 Å². The highest BCUT2D eigenvalue weighted by atomic mass is 16.5. The van der Waals surface area contributed by atoms with Crippen LogP contribution in [0.1, 0.15) is 39.7 Å². The van der Waals surface area contributed by atoms with Crippen molar-refractivity contribution in [1.82, 2.24) is 5.32 Å². The third kappa shape index (κ3) is 6.11. The largest absolute Gasteiger partial charge is 0.488 e. The van der Waals surface area contributed by atoms with Crippen molar-refractivity contribution in [3.05, 3.63) is 64.5 Å². The van der Waals surface area contributed by atoms with E-state index in [0.717, 1.165) is 33.9 Å². The van der Waals surface area contributed by atoms with E-state index >= 15 is 0 Å². The van der Waals surface area contributed by atoms with Crippen LogP contribution in [0, 0.1) is 5.41 Å². The second kappa shape index (κ2) is 10.3. The fourth-order valence-electron chi connectivity index (χ4n) is 2.86. The minimum absolute atomic E-state index is 0.00736. The van der Waals surface area contributed by atoms with Crippen LogP contribution in [0.15, 0.2) is 48.5 Å². The molecule has 0 bridgehead atoms. The van der Waals surface area contributed by atoms with Gasteiger partial charge in [-0.25, -0.2) is 0 Å². The molecular weight excluding hydrogens is 348 g/mol. The maximum atomic E-state index is 9.99. The first-order valence-electron chi connectivity index (χ1n) is 9.96. The smallest absolute Gasteiger partial charge is 0.127 e. The quantitative estimate of drug-likeness (QED) is 0.656. The molecule has 0 amide bonds. The molecule has 28 heavy (non-hydrogen) atoms. The van der Waals surface area contributed by atoms with Gasteiger partial charge in [0.25, 0.3) is 0 Å². The monoisotopic (exact) mass is 382 g/mol. The fraction of sp³-hybridized carbons (Fsp3) is 0.417. The van der Waals surface area contributed by atoms with Crippen LogP contribution in [0.2, 0.25) is 0 Å². The van der Waals surface area contributed by atoms with Crippen LogP contribution < -0.4 is 26.2 Å². The molecule has 0 fully saturated rings. The van der Waals surface area contributed by atoms with E-state index in [2.05, 4.69) is 39.1 Å². The number of nitrogens with two attached hydrogens (primary N) is 1. The molecule has 2 rings (SSSR count). The third-order valence-corrected chi connectivity index (χ3v) is 4.84. The maximum absolute atomic E-state index is 9.99. The van der Waals surface area contributed by atoms with Crippen LogP contribution in [0.3, 0.4) is 0 Å². The molecule has 2 aromatic rings. The molecule has 1 unspecified atom stereocenters. The summed E-state index contributed by atoms with van der Waals surface area (Å²) in [6.45, 7) is 9.47. The lowest BCUT2D eigenvalue weighted by Gasteiger charge is -2.28. The number of aliphatic hydroxyl groups excluding tert-OH is 1. The first-order valence-corrected chi connectivity index (χ1v) is 9.96. The van der Waals surface area contributed by atoms with Crippen molar-refractivity contribution in [3.63, 3.8) is 0 Å². The van der Waals surface area contributed by atoms with Gasteiger partial charge in [-0.1, -0.05) is 76.2 Å². The Morgan fingerprint density at radius 1 is 1.14 bits per heavy atom. The number of ether oxygens (including phenoxy) is 1. The predicted molar refractivity (Wildman–Crippen MR) is 117 cm³/mol. The molecule has 0 spiro atoms. The van der Waals surface area contributed by atoms with Crippen molar-refractivity contribution in [3.8, 4) is 5.75 Å². The number of hydrogen-bond acceptors (Lipinski definition) is 4. The van der Waals surface area contributed by atoms with Gasteiger partial charge >= 0.3 is 0 Å². The molecule has 4 nitrogen and oxygen atoms in total. The van der Waals surface area contributed by atoms with E-state index in [0.29, 0.717) is 13.2 Å². The first kappa shape index (κ1) is 22.0. The first-order chi connectivity index (χ1) is 13.4. The lowest BCUT2D eigenvalue weighted by Crippen LogP contribution is -2.45. The van der Waals surface area contributed by atoms with Gasteiger partial charge in [0.1, 0.15) is 12.4 Å². The van der Waals surface area contributed by atoms with Crippen molar-refractivity contribution in [2.24, 2.45) is 11.1 Å². The molecule has 0 aliphatic carbocycles. The second-order valence-corrected chi connectivity index (χ2v) is 8.09. The van der Waals surface area contributed by atoms with E-state index in [1.54, 1.807) is 0 Å². The summed E-state index contributed by atoms with van der Waals surface area (Å²) in [4.78, 5) is 0. The number of nitrogens with one attached hydrogen (secondary N) is 1. The van der Waals surface area contributed by atoms with Gasteiger partial charge in [0, 0.05) is 28.7 Å². The Labute approximate surface area is 168 Å². The molecule has 1 atom stereocenters. The second-order valence-electron chi connectivity index (χ2n) is 8.09. The van der Waals surface area contributed by atoms with Gasteiger partial charge in [0.05, 0.1) is 6.61 Å². The molecule has 2 aromatic carbocycles. The van der Waals surface area contributed by atoms with E-state index in [1.807, 2.05) is 48.5 Å². The van der Waals surface area contributed by atoms with Crippen LogP contribution in [0.25, 0.3) is 11.8 Å². The van der Waals surface area contributed by atoms with Gasteiger partial charge in [0.2, 0.25) is 0 Å². The normalized spacial score (nSPS) is 14.6. The van der Waals surface area contributed by atoms with Crippen molar-refractivity contribution >= 4 is 11.8 Å². The molecule has 0 aliphatic heterocycles. The fourth-order valence-corrected chi connectivity index (χ4v) is 2.86. The van der Waals surface area contributed by atoms with E-state index in [1.165, 1.54) is 0 Å². The molecule has 0 aromatic heterocycles. The van der Waals surface area contributed by atoms with Gasteiger partial charge in [-0.3, -0.25) is 0 Å². The number of rotatable bonds is 8. The standard InChI is InChI=1S/C24H34N2O2/c1-5-10-20-19(21(16-27)26-15-23(25)24(2,3)4)13-9-14-22(20)28-17-18-11-7-6-8-12-18/h6-14,23,26-27H,5,15-17,25H2,1-4H3/b20-10-,21-19-. The highest BCUT2D eigenvalue weighted by molar-refractivity contribution is 5.48. The van der Waals surface area contributed by atoms with E-state index < -0.39 is 0 Å². The Kier molecular flexibility index (Phi) is 8.09. The average Bonchev–Trinajstić information content (AvgIpc) is 2.68. The minimum atomic E-state index is -0.0798. The number of benzene rings is 2. The van der Waals surface area contributed by atoms with Gasteiger partial charge in [-0.05, 0) is 23.5 Å². The molecule has 0 saturated heterocycles. The number of aliphatic hydroxyl groups is 1. The number of hydrogen-bond donors (Lipinski definition) is 3. The summed E-state index contributed by atoms with van der Waals surface area (Å²) in [5.74, 6) is 0.816. The summed E-state index contributed by atoms with van der Waals surface area (Å²) in [5.41, 5.74) is 8.16. The highest BCUT2D eigenvalue weighted by Gasteiger charge is 2.20. The average molecular weight is 383 g/mol. The molecule has 152 valence electrons. The minimum Gasteiger partial charge on any atom is -0.488 e. The summed E-state index contributed by atoms with van der Waals surface area (Å²) in [6.07, 6.45) is 3.01. The summed E-state index contributed by atoms with van der Waals surface area (Å²) in [6, 6.07) is 16.0. The van der Waals surface area contributed by atoms with Crippen LogP contribution in [0.4, 0.5) is 0 Å². The molecule has 0 saturated carbocycles. The van der Waals surface area contributed by atoms with Crippen molar-refractivity contribution in [1.29, 1.82) is 0 Å². The van der Waals surface area contributed by atoms with Crippen LogP contribution >= 0.6 is 0 Å². The highest BCUT2D eigenvalue weighted by Crippen LogP contribution is 2.16. The van der Waals surface area contributed by atoms with E-state index in [4.69, 9.17) is 10.5 Å². The van der Waals surface area contributed by atoms with E-state index in [-0.39, 0.29) is 18.1 Å². The van der Waals surface area contributed by atoms with Gasteiger partial charge in [-0.15, -0.1) is 0 Å². The summed E-state index contributed by atoms with van der Waals surface area (Å²) in [7, 11) is 0. The third-order valence-electron chi connectivity index (χ3n) is 4.84. The lowest BCUT2D eigenvalue weighted by atomic mass is 9.87. The Morgan fingerprint density at radius 3 is 2.46 bits per heavy atom. The molecular formula is C24H34N2O2. The molecule has 0 heterocycles. The van der Waals surface area contributed by atoms with Crippen LogP contribution in [-0.2, 0) is 6.61 Å². The van der Waals surface area contributed by atoms with Crippen molar-refractivity contribution in [2.75, 3.05) is 13.2 Å². The Bertz CT molecular complexity index is 854. The van der Waals surface area contributed by atoms with Gasteiger partial charge in [0.15, 0.2) is 0 Å². The zero-order valence-corrected chi connectivity index (χ0v) is 17.5. The lowest BCUT2D eigenvalue weighted by molar-refractivity contribution is 0.302. The SMILES string of the molecule is CC/C=c1\c(OCc2ccccc2)ccc\c1=C(/CO)NCC(N)C(C)(C)C. The zero-order chi connectivity index (χ0) is 20.6. The van der Waals surface area contributed by atoms with Crippen LogP contribution in [0.5, 0.6) is 5.75 Å². The van der Waals surface area contributed by atoms with Crippen molar-refractivity contribution in [2.45, 2.75) is 46.8 Å². The molecule has 0 aliphatic rings. The Hall–Kier alpha value is -2.30. The Morgan fingerprint density at radius 2 is 1.86 bits per heavy atom. The molecule has 0 radical (unpaired) electrons. The van der Waals surface area contributed by atoms with Crippen LogP contribution in [-0.4, -0.2) is 24.3 Å². The summed E-state index contributed by atoms with van der Waals surface area (Å²) in [5, 5.41) is 15.3. The van der Waals surface area contributed by atoms with E-state index in [9.17, 15) is 5.11 Å². The topological polar surface area (TPSA) is 67.5 Å². The van der Waals surface area contributed by atoms with Crippen molar-refractivity contribution < 1.29 is 9.84 Å². The predicted octanol–water partition coefficient (Wildman–Crippen LogP) is 2.52. The summed E-state index contributed by atoms with van der Waals surface area (Å²) >= 11 is 0. The summed E-state index contributed by atoms with van der Waals surface area (Å²) < 4.78 is 6.11. The molecule has 4 N–H and O–H groups in total. The maximum Gasteiger partial charge on any atom is 0.127 e. The Balaban J connectivity index is 2.36. The zero-order valence-electron chi connectivity index (χ0n) is 17.5. The molecule has 4 heteroatoms.